The summed E-state index contributed by atoms with van der Waals surface area (Å²) in [5.41, 5.74) is -1.76. The lowest BCUT2D eigenvalue weighted by molar-refractivity contribution is 0.0133. The molecule has 0 amide bonds. The molecule has 7 nitrogen and oxygen atoms in total. The van der Waals surface area contributed by atoms with Crippen LogP contribution in [0.3, 0.4) is 0 Å². The second-order valence-corrected chi connectivity index (χ2v) is 9.32. The fourth-order valence-corrected chi connectivity index (χ4v) is 5.09. The lowest BCUT2D eigenvalue weighted by Gasteiger charge is -2.33. The molecule has 166 valence electrons. The maximum absolute atomic E-state index is 14.6. The molecule has 0 aliphatic heterocycles. The number of aromatic nitrogens is 5. The van der Waals surface area contributed by atoms with Crippen molar-refractivity contribution in [3.8, 4) is 5.75 Å². The van der Waals surface area contributed by atoms with Crippen molar-refractivity contribution in [2.24, 2.45) is 0 Å². The van der Waals surface area contributed by atoms with E-state index in [0.29, 0.717) is 15.9 Å². The lowest BCUT2D eigenvalue weighted by atomic mass is 9.90. The Morgan fingerprint density at radius 3 is 2.75 bits per heavy atom. The van der Waals surface area contributed by atoms with Crippen molar-refractivity contribution >= 4 is 23.3 Å². The lowest BCUT2D eigenvalue weighted by Crippen LogP contribution is -2.41. The van der Waals surface area contributed by atoms with Crippen molar-refractivity contribution in [1.29, 1.82) is 0 Å². The average Bonchev–Trinajstić information content (AvgIpc) is 3.45. The van der Waals surface area contributed by atoms with Crippen LogP contribution >= 0.6 is 23.3 Å². The third kappa shape index (κ3) is 5.12. The largest absolute Gasteiger partial charge is 0.486 e. The van der Waals surface area contributed by atoms with Crippen LogP contribution in [0.1, 0.15) is 18.3 Å². The van der Waals surface area contributed by atoms with Gasteiger partial charge in [-0.3, -0.25) is 0 Å². The highest BCUT2D eigenvalue weighted by molar-refractivity contribution is 8.01. The van der Waals surface area contributed by atoms with E-state index >= 15 is 0 Å². The molecule has 2 aromatic carbocycles. The van der Waals surface area contributed by atoms with Crippen molar-refractivity contribution in [3.05, 3.63) is 84.2 Å². The van der Waals surface area contributed by atoms with Gasteiger partial charge in [0.1, 0.15) is 42.2 Å². The fourth-order valence-electron chi connectivity index (χ4n) is 3.09. The minimum absolute atomic E-state index is 0.0356. The number of halogens is 2. The van der Waals surface area contributed by atoms with Gasteiger partial charge in [-0.05, 0) is 36.7 Å². The minimum atomic E-state index is -1.72. The molecule has 2 heterocycles. The standard InChI is InChI=1S/C21H19F2N5O2S2/c1-14(31-20-26-19(27-32-20)10-30-16-5-3-2-4-6-16)21(29,11-28-13-24-12-25-28)17-8-7-15(22)9-18(17)23/h2-9,12-14,29H,10-11H2,1H3/t14-,21?/m1/s1. The molecule has 0 aliphatic rings. The van der Waals surface area contributed by atoms with Gasteiger partial charge in [0.25, 0.3) is 0 Å². The summed E-state index contributed by atoms with van der Waals surface area (Å²) in [6, 6.07) is 12.4. The molecule has 0 aliphatic carbocycles. The van der Waals surface area contributed by atoms with Crippen LogP contribution in [0.2, 0.25) is 0 Å². The van der Waals surface area contributed by atoms with Crippen LogP contribution in [0.25, 0.3) is 0 Å². The quantitative estimate of drug-likeness (QED) is 0.366. The van der Waals surface area contributed by atoms with Crippen molar-refractivity contribution in [1.82, 2.24) is 24.1 Å². The van der Waals surface area contributed by atoms with Crippen LogP contribution in [0.4, 0.5) is 8.78 Å². The number of benzene rings is 2. The molecule has 2 atom stereocenters. The van der Waals surface area contributed by atoms with E-state index in [9.17, 15) is 13.9 Å². The Kier molecular flexibility index (Phi) is 6.77. The van der Waals surface area contributed by atoms with Crippen LogP contribution in [0.5, 0.6) is 5.75 Å². The Morgan fingerprint density at radius 1 is 1.22 bits per heavy atom. The first-order valence-electron chi connectivity index (χ1n) is 9.61. The molecule has 32 heavy (non-hydrogen) atoms. The monoisotopic (exact) mass is 475 g/mol. The van der Waals surface area contributed by atoms with E-state index in [1.807, 2.05) is 30.3 Å². The first-order chi connectivity index (χ1) is 15.4. The van der Waals surface area contributed by atoms with Crippen molar-refractivity contribution in [3.63, 3.8) is 0 Å². The van der Waals surface area contributed by atoms with Crippen LogP contribution in [0, 0.1) is 11.6 Å². The number of hydrogen-bond donors (Lipinski definition) is 1. The fraction of sp³-hybridized carbons (Fsp3) is 0.238. The predicted octanol–water partition coefficient (Wildman–Crippen LogP) is 4.06. The van der Waals surface area contributed by atoms with Gasteiger partial charge in [-0.25, -0.2) is 23.4 Å². The van der Waals surface area contributed by atoms with Gasteiger partial charge in [-0.15, -0.1) is 0 Å². The third-order valence-electron chi connectivity index (χ3n) is 4.78. The molecular formula is C21H19F2N5O2S2. The van der Waals surface area contributed by atoms with Crippen LogP contribution in [-0.2, 0) is 18.8 Å². The van der Waals surface area contributed by atoms with Crippen LogP contribution in [0.15, 0.2) is 65.5 Å². The van der Waals surface area contributed by atoms with Gasteiger partial charge in [-0.2, -0.15) is 9.47 Å². The van der Waals surface area contributed by atoms with E-state index < -0.39 is 22.5 Å². The number of ether oxygens (including phenoxy) is 1. The topological polar surface area (TPSA) is 86.0 Å². The zero-order chi connectivity index (χ0) is 22.6. The normalized spacial score (nSPS) is 14.1. The van der Waals surface area contributed by atoms with Crippen LogP contribution < -0.4 is 4.74 Å². The molecular weight excluding hydrogens is 456 g/mol. The molecule has 4 rings (SSSR count). The van der Waals surface area contributed by atoms with Gasteiger partial charge in [0, 0.05) is 16.9 Å². The van der Waals surface area contributed by atoms with Gasteiger partial charge in [-0.1, -0.05) is 36.0 Å². The van der Waals surface area contributed by atoms with E-state index in [4.69, 9.17) is 4.74 Å². The second-order valence-electron chi connectivity index (χ2n) is 6.98. The van der Waals surface area contributed by atoms with E-state index in [2.05, 4.69) is 19.4 Å². The summed E-state index contributed by atoms with van der Waals surface area (Å²) in [6.07, 6.45) is 2.75. The Morgan fingerprint density at radius 2 is 2.03 bits per heavy atom. The summed E-state index contributed by atoms with van der Waals surface area (Å²) in [4.78, 5) is 8.33. The summed E-state index contributed by atoms with van der Waals surface area (Å²) < 4.78 is 40.1. The third-order valence-corrected chi connectivity index (χ3v) is 6.88. The summed E-state index contributed by atoms with van der Waals surface area (Å²) in [5.74, 6) is -0.351. The average molecular weight is 476 g/mol. The van der Waals surface area contributed by atoms with Gasteiger partial charge in [0.2, 0.25) is 0 Å². The first-order valence-corrected chi connectivity index (χ1v) is 11.3. The van der Waals surface area contributed by atoms with Crippen molar-refractivity contribution in [2.75, 3.05) is 0 Å². The highest BCUT2D eigenvalue weighted by Gasteiger charge is 2.40. The van der Waals surface area contributed by atoms with Gasteiger partial charge in [0.05, 0.1) is 6.54 Å². The summed E-state index contributed by atoms with van der Waals surface area (Å²) in [5, 5.41) is 15.0. The maximum Gasteiger partial charge on any atom is 0.181 e. The molecule has 0 fully saturated rings. The number of para-hydroxylation sites is 1. The molecule has 0 saturated carbocycles. The highest BCUT2D eigenvalue weighted by Crippen LogP contribution is 2.39. The van der Waals surface area contributed by atoms with Gasteiger partial charge >= 0.3 is 0 Å². The van der Waals surface area contributed by atoms with Crippen molar-refractivity contribution in [2.45, 2.75) is 35.3 Å². The number of hydrogen-bond acceptors (Lipinski definition) is 8. The van der Waals surface area contributed by atoms with E-state index in [-0.39, 0.29) is 18.7 Å². The molecule has 0 radical (unpaired) electrons. The molecule has 1 unspecified atom stereocenters. The van der Waals surface area contributed by atoms with E-state index in [1.54, 1.807) is 6.92 Å². The molecule has 1 N–H and O–H groups in total. The van der Waals surface area contributed by atoms with E-state index in [1.165, 1.54) is 35.2 Å². The number of nitrogens with zero attached hydrogens (tertiary/aromatic N) is 5. The Labute approximate surface area is 191 Å². The molecule has 0 bridgehead atoms. The SMILES string of the molecule is C[C@@H](Sc1nc(COc2ccccc2)ns1)C(O)(Cn1cncn1)c1ccc(F)cc1F. The maximum atomic E-state index is 14.6. The summed E-state index contributed by atoms with van der Waals surface area (Å²) >= 11 is 2.40. The van der Waals surface area contributed by atoms with Gasteiger partial charge < -0.3 is 9.84 Å². The van der Waals surface area contributed by atoms with Crippen LogP contribution in [-0.4, -0.2) is 34.5 Å². The Bertz CT molecular complexity index is 1160. The Hall–Kier alpha value is -2.89. The number of aliphatic hydroxyl groups is 1. The summed E-state index contributed by atoms with van der Waals surface area (Å²) in [7, 11) is 0. The molecule has 0 saturated heterocycles. The molecule has 0 spiro atoms. The van der Waals surface area contributed by atoms with E-state index in [0.717, 1.165) is 23.7 Å². The van der Waals surface area contributed by atoms with Crippen molar-refractivity contribution < 1.29 is 18.6 Å². The zero-order valence-corrected chi connectivity index (χ0v) is 18.6. The summed E-state index contributed by atoms with van der Waals surface area (Å²) in [6.45, 7) is 1.86. The zero-order valence-electron chi connectivity index (χ0n) is 16.9. The molecule has 11 heteroatoms. The minimum Gasteiger partial charge on any atom is -0.486 e. The number of thioether (sulfide) groups is 1. The van der Waals surface area contributed by atoms with Gasteiger partial charge in [0.15, 0.2) is 10.2 Å². The molecule has 2 aromatic heterocycles. The second kappa shape index (κ2) is 9.72. The predicted molar refractivity (Wildman–Crippen MR) is 116 cm³/mol. The first kappa shape index (κ1) is 22.3. The molecule has 4 aromatic rings. The Balaban J connectivity index is 1.52. The highest BCUT2D eigenvalue weighted by atomic mass is 32.2. The smallest absolute Gasteiger partial charge is 0.181 e. The number of rotatable bonds is 9.